The zero-order chi connectivity index (χ0) is 18.1. The fourth-order valence-corrected chi connectivity index (χ4v) is 4.06. The molecule has 2 saturated heterocycles. The van der Waals surface area contributed by atoms with Crippen LogP contribution in [0, 0.1) is 0 Å². The van der Waals surface area contributed by atoms with Crippen LogP contribution in [0.3, 0.4) is 0 Å². The molecule has 0 radical (unpaired) electrons. The van der Waals surface area contributed by atoms with Crippen LogP contribution in [-0.2, 0) is 4.74 Å². The van der Waals surface area contributed by atoms with E-state index >= 15 is 0 Å². The summed E-state index contributed by atoms with van der Waals surface area (Å²) in [4.78, 5) is 15.4. The van der Waals surface area contributed by atoms with Crippen LogP contribution in [0.5, 0.6) is 0 Å². The van der Waals surface area contributed by atoms with Crippen molar-refractivity contribution < 1.29 is 19.7 Å². The molecule has 2 fully saturated rings. The van der Waals surface area contributed by atoms with Crippen molar-refractivity contribution in [1.82, 2.24) is 4.90 Å². The highest BCUT2D eigenvalue weighted by atomic mass is 32.2. The third kappa shape index (κ3) is 4.11. The number of amides is 2. The van der Waals surface area contributed by atoms with Gasteiger partial charge in [-0.3, -0.25) is 0 Å². The summed E-state index contributed by atoms with van der Waals surface area (Å²) in [6, 6.07) is 7.65. The van der Waals surface area contributed by atoms with Crippen molar-refractivity contribution in [2.75, 3.05) is 31.3 Å². The molecule has 138 valence electrons. The molecule has 3 rings (SSSR count). The van der Waals surface area contributed by atoms with E-state index in [1.54, 1.807) is 23.6 Å². The van der Waals surface area contributed by atoms with E-state index in [9.17, 15) is 15.0 Å². The van der Waals surface area contributed by atoms with Crippen LogP contribution in [0.4, 0.5) is 10.5 Å². The molecule has 6 nitrogen and oxygen atoms in total. The molecule has 1 aromatic rings. The lowest BCUT2D eigenvalue weighted by Crippen LogP contribution is -2.59. The zero-order valence-electron chi connectivity index (χ0n) is 14.7. The SMILES string of the molecule is CSc1cccc(NC(=O)N2CCC3(CC2)C[C@](C)(O)[C@@H](O)CO3)c1. The fourth-order valence-electron chi connectivity index (χ4n) is 3.60. The second-order valence-corrected chi connectivity index (χ2v) is 8.07. The van der Waals surface area contributed by atoms with Gasteiger partial charge in [-0.2, -0.15) is 0 Å². The van der Waals surface area contributed by atoms with E-state index in [0.29, 0.717) is 32.4 Å². The van der Waals surface area contributed by atoms with Gasteiger partial charge in [0.1, 0.15) is 6.10 Å². The van der Waals surface area contributed by atoms with Crippen molar-refractivity contribution in [3.05, 3.63) is 24.3 Å². The van der Waals surface area contributed by atoms with Gasteiger partial charge >= 0.3 is 6.03 Å². The predicted molar refractivity (Wildman–Crippen MR) is 98.0 cm³/mol. The van der Waals surface area contributed by atoms with Crippen LogP contribution in [0.1, 0.15) is 26.2 Å². The maximum atomic E-state index is 12.5. The highest BCUT2D eigenvalue weighted by Gasteiger charge is 2.48. The predicted octanol–water partition coefficient (Wildman–Crippen LogP) is 2.31. The number of nitrogens with zero attached hydrogens (tertiary/aromatic N) is 1. The summed E-state index contributed by atoms with van der Waals surface area (Å²) in [7, 11) is 0. The molecule has 0 bridgehead atoms. The Labute approximate surface area is 152 Å². The lowest BCUT2D eigenvalue weighted by Gasteiger charge is -2.49. The molecule has 0 unspecified atom stereocenters. The Morgan fingerprint density at radius 1 is 1.40 bits per heavy atom. The van der Waals surface area contributed by atoms with Crippen molar-refractivity contribution in [3.8, 4) is 0 Å². The number of thioether (sulfide) groups is 1. The third-order valence-corrected chi connectivity index (χ3v) is 5.95. The zero-order valence-corrected chi connectivity index (χ0v) is 15.5. The fraction of sp³-hybridized carbons (Fsp3) is 0.611. The minimum Gasteiger partial charge on any atom is -0.388 e. The van der Waals surface area contributed by atoms with E-state index in [0.717, 1.165) is 10.6 Å². The molecule has 2 aliphatic heterocycles. The first-order valence-electron chi connectivity index (χ1n) is 8.58. The summed E-state index contributed by atoms with van der Waals surface area (Å²) >= 11 is 1.63. The minimum absolute atomic E-state index is 0.115. The van der Waals surface area contributed by atoms with Gasteiger partial charge in [0.2, 0.25) is 0 Å². The summed E-state index contributed by atoms with van der Waals surface area (Å²) in [6.07, 6.45) is 2.86. The third-order valence-electron chi connectivity index (χ3n) is 5.23. The number of likely N-dealkylation sites (tertiary alicyclic amines) is 1. The van der Waals surface area contributed by atoms with Gasteiger partial charge in [0, 0.05) is 30.1 Å². The Balaban J connectivity index is 1.57. The second kappa shape index (κ2) is 7.15. The van der Waals surface area contributed by atoms with E-state index in [-0.39, 0.29) is 12.6 Å². The number of anilines is 1. The first-order chi connectivity index (χ1) is 11.8. The molecule has 0 saturated carbocycles. The van der Waals surface area contributed by atoms with Crippen LogP contribution in [0.25, 0.3) is 0 Å². The van der Waals surface area contributed by atoms with Gasteiger partial charge in [0.25, 0.3) is 0 Å². The number of benzene rings is 1. The van der Waals surface area contributed by atoms with Gasteiger partial charge in [-0.15, -0.1) is 11.8 Å². The number of nitrogens with one attached hydrogen (secondary N) is 1. The summed E-state index contributed by atoms with van der Waals surface area (Å²) in [5, 5.41) is 23.1. The number of hydrogen-bond acceptors (Lipinski definition) is 5. The van der Waals surface area contributed by atoms with Gasteiger partial charge in [0.05, 0.1) is 17.8 Å². The number of rotatable bonds is 2. The lowest BCUT2D eigenvalue weighted by atomic mass is 9.77. The van der Waals surface area contributed by atoms with Crippen LogP contribution in [0.15, 0.2) is 29.2 Å². The molecule has 7 heteroatoms. The van der Waals surface area contributed by atoms with E-state index < -0.39 is 17.3 Å². The number of piperidine rings is 1. The number of hydrogen-bond donors (Lipinski definition) is 3. The summed E-state index contributed by atoms with van der Waals surface area (Å²) in [6.45, 7) is 2.93. The Morgan fingerprint density at radius 2 is 2.12 bits per heavy atom. The van der Waals surface area contributed by atoms with Crippen LogP contribution < -0.4 is 5.32 Å². The summed E-state index contributed by atoms with van der Waals surface area (Å²) in [5.74, 6) is 0. The van der Waals surface area contributed by atoms with Crippen molar-refractivity contribution in [1.29, 1.82) is 0 Å². The molecular formula is C18H26N2O4S. The highest BCUT2D eigenvalue weighted by molar-refractivity contribution is 7.98. The molecular weight excluding hydrogens is 340 g/mol. The highest BCUT2D eigenvalue weighted by Crippen LogP contribution is 2.39. The number of carbonyl (C=O) groups is 1. The molecule has 0 aromatic heterocycles. The van der Waals surface area contributed by atoms with E-state index in [4.69, 9.17) is 4.74 Å². The van der Waals surface area contributed by atoms with Gasteiger partial charge in [0.15, 0.2) is 0 Å². The Kier molecular flexibility index (Phi) is 5.29. The monoisotopic (exact) mass is 366 g/mol. The maximum absolute atomic E-state index is 12.5. The number of urea groups is 1. The quantitative estimate of drug-likeness (QED) is 0.700. The minimum atomic E-state index is -1.14. The standard InChI is InChI=1S/C18H26N2O4S/c1-17(23)12-18(24-11-15(17)21)6-8-20(9-7-18)16(22)19-13-4-3-5-14(10-13)25-2/h3-5,10,15,21,23H,6-9,11-12H2,1-2H3,(H,19,22)/t15-,17-/m0/s1. The maximum Gasteiger partial charge on any atom is 0.321 e. The van der Waals surface area contributed by atoms with Gasteiger partial charge in [-0.1, -0.05) is 6.07 Å². The van der Waals surface area contributed by atoms with Crippen LogP contribution >= 0.6 is 11.8 Å². The largest absolute Gasteiger partial charge is 0.388 e. The van der Waals surface area contributed by atoms with Crippen LogP contribution in [0.2, 0.25) is 0 Å². The molecule has 25 heavy (non-hydrogen) atoms. The van der Waals surface area contributed by atoms with E-state index in [2.05, 4.69) is 5.32 Å². The average Bonchev–Trinajstić information content (AvgIpc) is 2.59. The van der Waals surface area contributed by atoms with Crippen LogP contribution in [-0.4, -0.2) is 64.4 Å². The summed E-state index contributed by atoms with van der Waals surface area (Å²) < 4.78 is 5.86. The Morgan fingerprint density at radius 3 is 2.76 bits per heavy atom. The molecule has 0 aliphatic carbocycles. The average molecular weight is 366 g/mol. The second-order valence-electron chi connectivity index (χ2n) is 7.19. The molecule has 1 aromatic carbocycles. The Hall–Kier alpha value is -1.28. The topological polar surface area (TPSA) is 82.0 Å². The van der Waals surface area contributed by atoms with E-state index in [1.807, 2.05) is 30.5 Å². The molecule has 2 amide bonds. The normalized spacial score (nSPS) is 28.8. The van der Waals surface area contributed by atoms with Crippen molar-refractivity contribution >= 4 is 23.5 Å². The first kappa shape index (κ1) is 18.5. The Bertz CT molecular complexity index is 629. The lowest BCUT2D eigenvalue weighted by molar-refractivity contribution is -0.221. The number of ether oxygens (including phenoxy) is 1. The molecule has 2 atom stereocenters. The smallest absolute Gasteiger partial charge is 0.321 e. The van der Waals surface area contributed by atoms with Crippen molar-refractivity contribution in [2.45, 2.75) is 48.4 Å². The summed E-state index contributed by atoms with van der Waals surface area (Å²) in [5.41, 5.74) is -0.795. The van der Waals surface area contributed by atoms with Crippen molar-refractivity contribution in [3.63, 3.8) is 0 Å². The first-order valence-corrected chi connectivity index (χ1v) is 9.80. The number of aliphatic hydroxyl groups excluding tert-OH is 1. The molecule has 2 heterocycles. The van der Waals surface area contributed by atoms with Gasteiger partial charge in [-0.05, 0) is 44.2 Å². The van der Waals surface area contributed by atoms with Gasteiger partial charge < -0.3 is 25.2 Å². The number of aliphatic hydroxyl groups is 2. The van der Waals surface area contributed by atoms with Crippen molar-refractivity contribution in [2.24, 2.45) is 0 Å². The molecule has 1 spiro atoms. The molecule has 2 aliphatic rings. The molecule has 3 N–H and O–H groups in total. The van der Waals surface area contributed by atoms with Gasteiger partial charge in [-0.25, -0.2) is 4.79 Å². The van der Waals surface area contributed by atoms with E-state index in [1.165, 1.54) is 0 Å². The number of carbonyl (C=O) groups excluding carboxylic acids is 1.